The molecule has 0 saturated heterocycles. The van der Waals surface area contributed by atoms with Crippen molar-refractivity contribution >= 4 is 37.1 Å². The fourth-order valence-electron chi connectivity index (χ4n) is 4.51. The van der Waals surface area contributed by atoms with Crippen molar-refractivity contribution < 1.29 is 18.9 Å². The van der Waals surface area contributed by atoms with Crippen molar-refractivity contribution in [1.29, 1.82) is 0 Å². The van der Waals surface area contributed by atoms with Crippen LogP contribution in [-0.4, -0.2) is 0 Å². The predicted octanol–water partition coefficient (Wildman–Crippen LogP) is 4.65. The smallest absolute Gasteiger partial charge is 0.243 e. The Bertz CT molecular complexity index is 1240. The second-order valence-corrected chi connectivity index (χ2v) is 14.2. The van der Waals surface area contributed by atoms with Gasteiger partial charge in [-0.05, 0) is 34.6 Å². The first-order valence-corrected chi connectivity index (χ1v) is 14.9. The molecule has 0 unspecified atom stereocenters. The Labute approximate surface area is 231 Å². The zero-order chi connectivity index (χ0) is 24.3. The number of benzene rings is 4. The minimum absolute atomic E-state index is 0. The van der Waals surface area contributed by atoms with Gasteiger partial charge in [-0.2, -0.15) is 16.2 Å². The fraction of sp³-hybridized carbons (Fsp3) is 0.152. The number of hydrogen-bond donors (Lipinski definition) is 0. The van der Waals surface area contributed by atoms with Crippen LogP contribution < -0.4 is 40.1 Å². The molecule has 4 aromatic rings. The van der Waals surface area contributed by atoms with Crippen molar-refractivity contribution in [2.24, 2.45) is 5.41 Å². The molecule has 0 radical (unpaired) electrons. The number of rotatable bonds is 6. The van der Waals surface area contributed by atoms with E-state index < -0.39 is 15.8 Å². The summed E-state index contributed by atoms with van der Waals surface area (Å²) in [5, 5.41) is 8.57. The van der Waals surface area contributed by atoms with Crippen molar-refractivity contribution in [2.75, 3.05) is 0 Å². The minimum Gasteiger partial charge on any atom is -0.243 e. The number of hydrogen-bond acceptors (Lipinski definition) is 0. The summed E-state index contributed by atoms with van der Waals surface area (Å²) >= 11 is 0. The summed E-state index contributed by atoms with van der Waals surface area (Å²) < 4.78 is 0. The molecular weight excluding hydrogens is 465 g/mol. The molecule has 0 bridgehead atoms. The molecule has 5 rings (SSSR count). The van der Waals surface area contributed by atoms with Gasteiger partial charge in [0, 0.05) is 0 Å². The normalized spacial score (nSPS) is 13.6. The van der Waals surface area contributed by atoms with Gasteiger partial charge < -0.3 is 0 Å². The molecule has 3 heteroatoms. The molecule has 1 aliphatic carbocycles. The molecule has 0 heterocycles. The van der Waals surface area contributed by atoms with E-state index in [1.807, 2.05) is 0 Å². The molecule has 36 heavy (non-hydrogen) atoms. The Morgan fingerprint density at radius 2 is 0.861 bits per heavy atom. The molecule has 0 aromatic heterocycles. The van der Waals surface area contributed by atoms with E-state index in [9.17, 15) is 0 Å². The second-order valence-electron chi connectivity index (χ2n) is 9.84. The largest absolute Gasteiger partial charge is 1.00 e. The Morgan fingerprint density at radius 1 is 0.528 bits per heavy atom. The maximum absolute atomic E-state index is 4.04. The summed E-state index contributed by atoms with van der Waals surface area (Å²) in [4.78, 5) is 0. The summed E-state index contributed by atoms with van der Waals surface area (Å²) in [5.74, 6) is 0. The minimum atomic E-state index is -0.714. The summed E-state index contributed by atoms with van der Waals surface area (Å²) in [6, 6.07) is 44.4. The molecule has 0 amide bonds. The summed E-state index contributed by atoms with van der Waals surface area (Å²) in [6.45, 7) is 6.99. The van der Waals surface area contributed by atoms with E-state index in [1.165, 1.54) is 32.1 Å². The van der Waals surface area contributed by atoms with E-state index >= 15 is 0 Å². The Morgan fingerprint density at radius 3 is 1.19 bits per heavy atom. The molecule has 0 atom stereocenters. The van der Waals surface area contributed by atoms with Crippen molar-refractivity contribution in [1.82, 2.24) is 0 Å². The predicted molar refractivity (Wildman–Crippen MR) is 156 cm³/mol. The van der Waals surface area contributed by atoms with Crippen molar-refractivity contribution in [2.45, 2.75) is 27.2 Å². The Kier molecular flexibility index (Phi) is 8.89. The maximum atomic E-state index is 4.04. The van der Waals surface area contributed by atoms with Crippen LogP contribution in [0.3, 0.4) is 0 Å². The van der Waals surface area contributed by atoms with Crippen molar-refractivity contribution in [3.05, 3.63) is 144 Å². The van der Waals surface area contributed by atoms with E-state index in [0.29, 0.717) is 0 Å². The molecule has 0 aliphatic heterocycles. The maximum Gasteiger partial charge on any atom is 1.00 e. The topological polar surface area (TPSA) is 0 Å². The van der Waals surface area contributed by atoms with Gasteiger partial charge in [0.1, 0.15) is 0 Å². The standard InChI is InChI=1S/C33H31P2.Li/c1-33(2,3)26-24-31(34(27-16-8-4-9-17-27)28-18-10-5-11-19-28)32(25-26)35(29-20-12-6-13-21-29)30-22-14-7-15-23-30;/h4-23H,24H2,1-3H3;/q-1;+1. The fourth-order valence-corrected chi connectivity index (χ4v) is 9.89. The zero-order valence-electron chi connectivity index (χ0n) is 21.6. The first-order chi connectivity index (χ1) is 17.0. The SMILES string of the molecule is CC(C)(C)C1=[C-]C(P(c2ccccc2)c2ccccc2)=C(P(c2ccccc2)c2ccccc2)C1.[Li+]. The third kappa shape index (κ3) is 5.86. The molecule has 4 aromatic carbocycles. The van der Waals surface area contributed by atoms with E-state index in [2.05, 4.69) is 148 Å². The van der Waals surface area contributed by atoms with Crippen LogP contribution in [0.25, 0.3) is 0 Å². The van der Waals surface area contributed by atoms with Crippen molar-refractivity contribution in [3.63, 3.8) is 0 Å². The average molecular weight is 497 g/mol. The van der Waals surface area contributed by atoms with Gasteiger partial charge in [0.2, 0.25) is 0 Å². The van der Waals surface area contributed by atoms with Crippen LogP contribution in [0.15, 0.2) is 138 Å². The van der Waals surface area contributed by atoms with E-state index in [0.717, 1.165) is 6.42 Å². The van der Waals surface area contributed by atoms with Crippen molar-refractivity contribution in [3.8, 4) is 0 Å². The van der Waals surface area contributed by atoms with Crippen LogP contribution in [0.2, 0.25) is 0 Å². The molecular formula is C33H31LiP2. The van der Waals surface area contributed by atoms with Crippen LogP contribution in [-0.2, 0) is 0 Å². The quantitative estimate of drug-likeness (QED) is 0.207. The van der Waals surface area contributed by atoms with Gasteiger partial charge in [-0.1, -0.05) is 149 Å². The second kappa shape index (κ2) is 11.9. The molecule has 0 fully saturated rings. The molecule has 0 N–H and O–H groups in total. The van der Waals surface area contributed by atoms with Gasteiger partial charge in [0.15, 0.2) is 0 Å². The van der Waals surface area contributed by atoms with Crippen LogP contribution in [0, 0.1) is 11.5 Å². The first-order valence-electron chi connectivity index (χ1n) is 12.2. The van der Waals surface area contributed by atoms with Gasteiger partial charge in [0.05, 0.1) is 0 Å². The zero-order valence-corrected chi connectivity index (χ0v) is 23.4. The molecule has 1 aliphatic rings. The van der Waals surface area contributed by atoms with Crippen LogP contribution in [0.5, 0.6) is 0 Å². The summed E-state index contributed by atoms with van der Waals surface area (Å²) in [5.41, 5.74) is 1.50. The van der Waals surface area contributed by atoms with E-state index in [4.69, 9.17) is 0 Å². The molecule has 0 saturated carbocycles. The van der Waals surface area contributed by atoms with Crippen LogP contribution in [0.4, 0.5) is 0 Å². The first kappa shape index (κ1) is 26.9. The number of allylic oxidation sites excluding steroid dienone is 4. The third-order valence-corrected chi connectivity index (χ3v) is 11.5. The van der Waals surface area contributed by atoms with Gasteiger partial charge in [-0.25, -0.2) is 6.08 Å². The van der Waals surface area contributed by atoms with Gasteiger partial charge in [-0.15, -0.1) is 7.92 Å². The van der Waals surface area contributed by atoms with E-state index in [-0.39, 0.29) is 24.3 Å². The average Bonchev–Trinajstić information content (AvgIpc) is 3.32. The van der Waals surface area contributed by atoms with Crippen LogP contribution in [0.1, 0.15) is 27.2 Å². The van der Waals surface area contributed by atoms with Gasteiger partial charge >= 0.3 is 18.9 Å². The van der Waals surface area contributed by atoms with Gasteiger partial charge in [0.25, 0.3) is 0 Å². The van der Waals surface area contributed by atoms with E-state index in [1.54, 1.807) is 5.31 Å². The van der Waals surface area contributed by atoms with Gasteiger partial charge in [-0.3, -0.25) is 0 Å². The molecule has 0 spiro atoms. The third-order valence-electron chi connectivity index (χ3n) is 6.34. The molecule has 174 valence electrons. The Hall–Kier alpha value is -2.18. The molecule has 0 nitrogen and oxygen atoms in total. The summed E-state index contributed by atoms with van der Waals surface area (Å²) in [6.07, 6.45) is 5.03. The monoisotopic (exact) mass is 496 g/mol. The van der Waals surface area contributed by atoms with Crippen LogP contribution >= 0.6 is 15.8 Å². The Balaban J connectivity index is 0.00000304. The summed E-state index contributed by atoms with van der Waals surface area (Å²) in [7, 11) is -1.38.